The second kappa shape index (κ2) is 12.0. The number of carbonyl (C=O) groups is 1. The predicted octanol–water partition coefficient (Wildman–Crippen LogP) is 4.72. The molecule has 192 valence electrons. The lowest BCUT2D eigenvalue weighted by Gasteiger charge is -2.30. The van der Waals surface area contributed by atoms with Crippen LogP contribution in [0.2, 0.25) is 0 Å². The van der Waals surface area contributed by atoms with Gasteiger partial charge in [-0.15, -0.1) is 0 Å². The van der Waals surface area contributed by atoms with Gasteiger partial charge in [-0.2, -0.15) is 4.98 Å². The zero-order valence-electron chi connectivity index (χ0n) is 21.3. The van der Waals surface area contributed by atoms with E-state index in [1.807, 2.05) is 0 Å². The molecular formula is C27H39FN4O3. The van der Waals surface area contributed by atoms with Crippen LogP contribution < -0.4 is 9.64 Å². The average Bonchev–Trinajstić information content (AvgIpc) is 3.42. The molecule has 0 spiro atoms. The Labute approximate surface area is 208 Å². The van der Waals surface area contributed by atoms with Gasteiger partial charge < -0.3 is 23.9 Å². The van der Waals surface area contributed by atoms with Gasteiger partial charge in [-0.1, -0.05) is 25.1 Å². The van der Waals surface area contributed by atoms with E-state index in [0.29, 0.717) is 24.1 Å². The molecule has 35 heavy (non-hydrogen) atoms. The number of anilines is 1. The van der Waals surface area contributed by atoms with E-state index < -0.39 is 5.82 Å². The number of aromatic nitrogens is 2. The smallest absolute Gasteiger partial charge is 0.324 e. The lowest BCUT2D eigenvalue weighted by atomic mass is 9.90. The van der Waals surface area contributed by atoms with Crippen LogP contribution in [0.3, 0.4) is 0 Å². The molecule has 0 N–H and O–H groups in total. The highest BCUT2D eigenvalue weighted by Gasteiger charge is 2.43. The predicted molar refractivity (Wildman–Crippen MR) is 133 cm³/mol. The second-order valence-electron chi connectivity index (χ2n) is 10.5. The van der Waals surface area contributed by atoms with E-state index in [9.17, 15) is 9.18 Å². The molecule has 2 atom stereocenters. The van der Waals surface area contributed by atoms with Crippen LogP contribution in [0.25, 0.3) is 0 Å². The first-order valence-electron chi connectivity index (χ1n) is 13.1. The van der Waals surface area contributed by atoms with E-state index in [2.05, 4.69) is 40.8 Å². The number of nitrogens with zero attached hydrogens (tertiary/aromatic N) is 4. The van der Waals surface area contributed by atoms with Crippen molar-refractivity contribution < 1.29 is 18.4 Å². The molecule has 2 aliphatic heterocycles. The van der Waals surface area contributed by atoms with Crippen LogP contribution in [0.1, 0.15) is 63.3 Å². The van der Waals surface area contributed by atoms with E-state index >= 15 is 0 Å². The highest BCUT2D eigenvalue weighted by Crippen LogP contribution is 2.50. The summed E-state index contributed by atoms with van der Waals surface area (Å²) in [6.45, 7) is 9.22. The first-order chi connectivity index (χ1) is 16.9. The number of hydrogen-bond acceptors (Lipinski definition) is 7. The molecule has 2 saturated heterocycles. The Bertz CT molecular complexity index is 954. The fraction of sp³-hybridized carbons (Fsp3) is 0.667. The Morgan fingerprint density at radius 1 is 1.23 bits per heavy atom. The fourth-order valence-electron chi connectivity index (χ4n) is 4.97. The molecular weight excluding hydrogens is 447 g/mol. The Balaban J connectivity index is 0.000000514. The molecule has 2 aromatic rings. The third kappa shape index (κ3) is 7.03. The molecule has 5 rings (SSSR count). The molecule has 1 saturated carbocycles. The number of piperidine rings is 1. The molecule has 1 aromatic carbocycles. The van der Waals surface area contributed by atoms with Crippen LogP contribution in [0.5, 0.6) is 5.75 Å². The second-order valence-corrected chi connectivity index (χ2v) is 10.5. The van der Waals surface area contributed by atoms with Crippen molar-refractivity contribution in [2.45, 2.75) is 58.3 Å². The third-order valence-electron chi connectivity index (χ3n) is 7.48. The topological polar surface area (TPSA) is 71.7 Å². The number of likely N-dealkylation sites (tertiary alicyclic amines) is 1. The highest BCUT2D eigenvalue weighted by atomic mass is 19.1. The van der Waals surface area contributed by atoms with Gasteiger partial charge in [-0.25, -0.2) is 4.39 Å². The van der Waals surface area contributed by atoms with Gasteiger partial charge in [0.15, 0.2) is 17.4 Å². The summed E-state index contributed by atoms with van der Waals surface area (Å²) in [5, 5.41) is 4.06. The zero-order valence-corrected chi connectivity index (χ0v) is 21.3. The minimum Gasteiger partial charge on any atom is -0.491 e. The molecule has 3 heterocycles. The van der Waals surface area contributed by atoms with Crippen molar-refractivity contribution in [1.82, 2.24) is 15.0 Å². The van der Waals surface area contributed by atoms with Gasteiger partial charge in [0.1, 0.15) is 6.29 Å². The van der Waals surface area contributed by atoms with E-state index in [-0.39, 0.29) is 18.1 Å². The maximum absolute atomic E-state index is 14.0. The monoisotopic (exact) mass is 486 g/mol. The van der Waals surface area contributed by atoms with Gasteiger partial charge in [-0.3, -0.25) is 0 Å². The van der Waals surface area contributed by atoms with Crippen molar-refractivity contribution >= 4 is 12.3 Å². The number of hydrogen-bond donors (Lipinski definition) is 0. The van der Waals surface area contributed by atoms with Gasteiger partial charge in [0, 0.05) is 25.4 Å². The maximum Gasteiger partial charge on any atom is 0.324 e. The quantitative estimate of drug-likeness (QED) is 0.475. The Hall–Kier alpha value is -2.48. The molecule has 3 fully saturated rings. The van der Waals surface area contributed by atoms with Crippen molar-refractivity contribution in [3.63, 3.8) is 0 Å². The minimum atomic E-state index is -0.393. The molecule has 2 unspecified atom stereocenters. The summed E-state index contributed by atoms with van der Waals surface area (Å²) in [6, 6.07) is 5.40. The van der Waals surface area contributed by atoms with Crippen LogP contribution in [0, 0.1) is 23.6 Å². The number of benzene rings is 1. The van der Waals surface area contributed by atoms with Crippen LogP contribution in [0.15, 0.2) is 22.7 Å². The third-order valence-corrected chi connectivity index (χ3v) is 7.48. The van der Waals surface area contributed by atoms with Gasteiger partial charge >= 0.3 is 6.01 Å². The van der Waals surface area contributed by atoms with E-state index in [4.69, 9.17) is 9.26 Å². The Kier molecular flexibility index (Phi) is 8.76. The molecule has 7 nitrogen and oxygen atoms in total. The largest absolute Gasteiger partial charge is 0.491 e. The summed E-state index contributed by atoms with van der Waals surface area (Å²) in [6.07, 6.45) is 6.91. The fourth-order valence-corrected chi connectivity index (χ4v) is 4.97. The summed E-state index contributed by atoms with van der Waals surface area (Å²) in [4.78, 5) is 19.6. The summed E-state index contributed by atoms with van der Waals surface area (Å²) in [7, 11) is 2.14. The maximum atomic E-state index is 14.0. The van der Waals surface area contributed by atoms with E-state index in [1.165, 1.54) is 32.0 Å². The minimum absolute atomic E-state index is 0.227. The first kappa shape index (κ1) is 25.6. The molecule has 1 aromatic heterocycles. The first-order valence-corrected chi connectivity index (χ1v) is 13.1. The Morgan fingerprint density at radius 2 is 1.97 bits per heavy atom. The summed E-state index contributed by atoms with van der Waals surface area (Å²) >= 11 is 0. The summed E-state index contributed by atoms with van der Waals surface area (Å²) in [5.74, 6) is 3.09. The summed E-state index contributed by atoms with van der Waals surface area (Å²) in [5.41, 5.74) is 0.671. The number of halogens is 1. The molecule has 3 aliphatic rings. The van der Waals surface area contributed by atoms with Gasteiger partial charge in [0.2, 0.25) is 0 Å². The van der Waals surface area contributed by atoms with E-state index in [1.54, 1.807) is 12.1 Å². The van der Waals surface area contributed by atoms with Crippen LogP contribution in [0.4, 0.5) is 10.4 Å². The van der Waals surface area contributed by atoms with Crippen molar-refractivity contribution in [1.29, 1.82) is 0 Å². The van der Waals surface area contributed by atoms with Gasteiger partial charge in [-0.05, 0) is 87.7 Å². The van der Waals surface area contributed by atoms with Crippen LogP contribution >= 0.6 is 0 Å². The standard InChI is InChI=1S/C23H30FN3O3.C4H9N/c1-15(2)22-25-23(30-26-22)27-9-5-17(6-10-27)19-14-18(19)8-12-29-21-4-3-16(7-11-28)13-20(21)24;1-5-3-2-4-5/h3-4,11,13,15,17-19H,5-10,12,14H2,1-2H3;2-4H2,1H3. The van der Waals surface area contributed by atoms with Crippen molar-refractivity contribution in [3.05, 3.63) is 35.4 Å². The molecule has 0 bridgehead atoms. The SMILES string of the molecule is CC(C)c1noc(N2CCC(C3CC3CCOc3ccc(CC=O)cc3F)CC2)n1.CN1CCC1. The van der Waals surface area contributed by atoms with Crippen molar-refractivity contribution in [2.75, 3.05) is 44.7 Å². The number of carbonyl (C=O) groups excluding carboxylic acids is 1. The number of rotatable bonds is 9. The molecule has 0 amide bonds. The lowest BCUT2D eigenvalue weighted by Crippen LogP contribution is -2.34. The van der Waals surface area contributed by atoms with Gasteiger partial charge in [0.05, 0.1) is 6.61 Å². The van der Waals surface area contributed by atoms with Crippen LogP contribution in [-0.2, 0) is 11.2 Å². The lowest BCUT2D eigenvalue weighted by molar-refractivity contribution is -0.107. The summed E-state index contributed by atoms with van der Waals surface area (Å²) < 4.78 is 25.1. The van der Waals surface area contributed by atoms with Crippen molar-refractivity contribution in [2.24, 2.45) is 17.8 Å². The van der Waals surface area contributed by atoms with Gasteiger partial charge in [0.25, 0.3) is 0 Å². The Morgan fingerprint density at radius 3 is 2.54 bits per heavy atom. The van der Waals surface area contributed by atoms with E-state index in [0.717, 1.165) is 56.3 Å². The molecule has 8 heteroatoms. The number of ether oxygens (including phenoxy) is 1. The number of aldehydes is 1. The van der Waals surface area contributed by atoms with Crippen LogP contribution in [-0.4, -0.2) is 61.2 Å². The molecule has 1 aliphatic carbocycles. The molecule has 0 radical (unpaired) electrons. The normalized spacial score (nSPS) is 22.4. The average molecular weight is 487 g/mol. The zero-order chi connectivity index (χ0) is 24.8. The van der Waals surface area contributed by atoms with Crippen molar-refractivity contribution in [3.8, 4) is 5.75 Å². The highest BCUT2D eigenvalue weighted by molar-refractivity contribution is 5.55.